The standard InChI is InChI=1S/C12H10BrF3O/c13-8(12(17)6-1-2-6)5-7-3-4-9(14)11(16)10(7)15/h3-4,6,8H,1-2,5H2. The zero-order chi connectivity index (χ0) is 12.6. The van der Waals surface area contributed by atoms with Crippen molar-refractivity contribution in [1.82, 2.24) is 0 Å². The van der Waals surface area contributed by atoms with Crippen molar-refractivity contribution >= 4 is 21.7 Å². The van der Waals surface area contributed by atoms with Crippen molar-refractivity contribution in [1.29, 1.82) is 0 Å². The Morgan fingerprint density at radius 3 is 2.53 bits per heavy atom. The van der Waals surface area contributed by atoms with E-state index < -0.39 is 22.3 Å². The molecule has 1 saturated carbocycles. The molecule has 0 aliphatic heterocycles. The van der Waals surface area contributed by atoms with Crippen LogP contribution in [0.5, 0.6) is 0 Å². The zero-order valence-electron chi connectivity index (χ0n) is 8.85. The molecule has 1 nitrogen and oxygen atoms in total. The van der Waals surface area contributed by atoms with Crippen molar-refractivity contribution in [3.8, 4) is 0 Å². The molecule has 0 spiro atoms. The first-order valence-electron chi connectivity index (χ1n) is 5.31. The Bertz CT molecular complexity index is 457. The number of Topliss-reactive ketones (excluding diaryl/α,β-unsaturated/α-hetero) is 1. The van der Waals surface area contributed by atoms with Gasteiger partial charge in [-0.2, -0.15) is 0 Å². The third-order valence-electron chi connectivity index (χ3n) is 2.80. The molecule has 1 aliphatic carbocycles. The largest absolute Gasteiger partial charge is 0.298 e. The summed E-state index contributed by atoms with van der Waals surface area (Å²) in [6, 6.07) is 2.04. The second-order valence-corrected chi connectivity index (χ2v) is 5.29. The van der Waals surface area contributed by atoms with E-state index in [1.54, 1.807) is 0 Å². The molecule has 0 heterocycles. The predicted octanol–water partition coefficient (Wildman–Crippen LogP) is 3.39. The maximum atomic E-state index is 13.4. The van der Waals surface area contributed by atoms with Gasteiger partial charge in [0.05, 0.1) is 4.83 Å². The molecule has 1 fully saturated rings. The lowest BCUT2D eigenvalue weighted by atomic mass is 10.0. The molecule has 0 radical (unpaired) electrons. The van der Waals surface area contributed by atoms with Crippen LogP contribution in [0.1, 0.15) is 18.4 Å². The molecule has 2 rings (SSSR count). The lowest BCUT2D eigenvalue weighted by Gasteiger charge is -2.09. The van der Waals surface area contributed by atoms with E-state index in [9.17, 15) is 18.0 Å². The first-order chi connectivity index (χ1) is 8.00. The van der Waals surface area contributed by atoms with Crippen LogP contribution in [0.15, 0.2) is 12.1 Å². The van der Waals surface area contributed by atoms with Crippen LogP contribution in [-0.2, 0) is 11.2 Å². The zero-order valence-corrected chi connectivity index (χ0v) is 10.4. The average Bonchev–Trinajstić information content (AvgIpc) is 3.13. The molecule has 0 amide bonds. The monoisotopic (exact) mass is 306 g/mol. The second-order valence-electron chi connectivity index (χ2n) is 4.18. The van der Waals surface area contributed by atoms with E-state index in [1.807, 2.05) is 0 Å². The van der Waals surface area contributed by atoms with E-state index in [0.717, 1.165) is 18.9 Å². The van der Waals surface area contributed by atoms with E-state index in [-0.39, 0.29) is 23.7 Å². The van der Waals surface area contributed by atoms with E-state index in [1.165, 1.54) is 6.07 Å². The molecule has 0 saturated heterocycles. The summed E-state index contributed by atoms with van der Waals surface area (Å²) in [5.41, 5.74) is 0.0137. The van der Waals surface area contributed by atoms with Crippen LogP contribution in [0.2, 0.25) is 0 Å². The fraction of sp³-hybridized carbons (Fsp3) is 0.417. The molecule has 1 aliphatic rings. The van der Waals surface area contributed by atoms with Crippen molar-refractivity contribution in [2.24, 2.45) is 5.92 Å². The number of carbonyl (C=O) groups is 1. The molecule has 5 heteroatoms. The topological polar surface area (TPSA) is 17.1 Å². The van der Waals surface area contributed by atoms with Crippen molar-refractivity contribution in [2.45, 2.75) is 24.1 Å². The smallest absolute Gasteiger partial charge is 0.194 e. The summed E-state index contributed by atoms with van der Waals surface area (Å²) in [5.74, 6) is -3.85. The van der Waals surface area contributed by atoms with Crippen LogP contribution in [0.25, 0.3) is 0 Å². The SMILES string of the molecule is O=C(C(Br)Cc1ccc(F)c(F)c1F)C1CC1. The van der Waals surface area contributed by atoms with Gasteiger partial charge in [0.25, 0.3) is 0 Å². The van der Waals surface area contributed by atoms with Crippen LogP contribution in [0.3, 0.4) is 0 Å². The molecular formula is C12H10BrF3O. The highest BCUT2D eigenvalue weighted by molar-refractivity contribution is 9.10. The summed E-state index contributed by atoms with van der Waals surface area (Å²) < 4.78 is 39.0. The number of ketones is 1. The van der Waals surface area contributed by atoms with E-state index in [0.29, 0.717) is 0 Å². The van der Waals surface area contributed by atoms with Gasteiger partial charge in [-0.15, -0.1) is 0 Å². The average molecular weight is 307 g/mol. The third-order valence-corrected chi connectivity index (χ3v) is 3.58. The van der Waals surface area contributed by atoms with Gasteiger partial charge in [0, 0.05) is 5.92 Å². The number of carbonyl (C=O) groups excluding carboxylic acids is 1. The fourth-order valence-electron chi connectivity index (χ4n) is 1.64. The highest BCUT2D eigenvalue weighted by atomic mass is 79.9. The molecule has 0 aromatic heterocycles. The minimum atomic E-state index is -1.49. The third kappa shape index (κ3) is 2.70. The summed E-state index contributed by atoms with van der Waals surface area (Å²) in [6.07, 6.45) is 1.76. The van der Waals surface area contributed by atoms with Crippen LogP contribution >= 0.6 is 15.9 Å². The minimum absolute atomic E-state index is 0.00846. The lowest BCUT2D eigenvalue weighted by molar-refractivity contribution is -0.119. The number of rotatable bonds is 4. The quantitative estimate of drug-likeness (QED) is 0.615. The number of halogens is 4. The number of alkyl halides is 1. The summed E-state index contributed by atoms with van der Waals surface area (Å²) >= 11 is 3.17. The van der Waals surface area contributed by atoms with Crippen molar-refractivity contribution in [2.75, 3.05) is 0 Å². The van der Waals surface area contributed by atoms with Gasteiger partial charge >= 0.3 is 0 Å². The second kappa shape index (κ2) is 4.80. The Kier molecular flexibility index (Phi) is 3.56. The predicted molar refractivity (Wildman–Crippen MR) is 60.5 cm³/mol. The van der Waals surface area contributed by atoms with E-state index >= 15 is 0 Å². The first kappa shape index (κ1) is 12.6. The summed E-state index contributed by atoms with van der Waals surface area (Å²) in [4.78, 5) is 11.1. The Labute approximate surface area is 105 Å². The molecule has 1 aromatic rings. The molecular weight excluding hydrogens is 297 g/mol. The molecule has 1 unspecified atom stereocenters. The molecule has 1 atom stereocenters. The van der Waals surface area contributed by atoms with Gasteiger partial charge in [-0.3, -0.25) is 4.79 Å². The summed E-state index contributed by atoms with van der Waals surface area (Å²) in [5, 5.41) is 0. The normalized spacial score (nSPS) is 16.9. The lowest BCUT2D eigenvalue weighted by Crippen LogP contribution is -2.19. The van der Waals surface area contributed by atoms with Gasteiger partial charge in [0.1, 0.15) is 5.78 Å². The van der Waals surface area contributed by atoms with Gasteiger partial charge in [-0.05, 0) is 30.9 Å². The maximum Gasteiger partial charge on any atom is 0.194 e. The van der Waals surface area contributed by atoms with Crippen molar-refractivity contribution < 1.29 is 18.0 Å². The van der Waals surface area contributed by atoms with Gasteiger partial charge in [-0.1, -0.05) is 22.0 Å². The fourth-order valence-corrected chi connectivity index (χ4v) is 2.36. The highest BCUT2D eigenvalue weighted by Gasteiger charge is 2.34. The van der Waals surface area contributed by atoms with E-state index in [4.69, 9.17) is 0 Å². The molecule has 92 valence electrons. The van der Waals surface area contributed by atoms with Gasteiger partial charge in [0.2, 0.25) is 0 Å². The molecule has 1 aromatic carbocycles. The Balaban J connectivity index is 2.12. The van der Waals surface area contributed by atoms with Crippen LogP contribution in [0.4, 0.5) is 13.2 Å². The van der Waals surface area contributed by atoms with Crippen LogP contribution in [0, 0.1) is 23.4 Å². The van der Waals surface area contributed by atoms with Gasteiger partial charge < -0.3 is 0 Å². The number of hydrogen-bond donors (Lipinski definition) is 0. The molecule has 17 heavy (non-hydrogen) atoms. The number of benzene rings is 1. The first-order valence-corrected chi connectivity index (χ1v) is 6.22. The Morgan fingerprint density at radius 1 is 1.29 bits per heavy atom. The van der Waals surface area contributed by atoms with Crippen molar-refractivity contribution in [3.63, 3.8) is 0 Å². The van der Waals surface area contributed by atoms with Gasteiger partial charge in [-0.25, -0.2) is 13.2 Å². The minimum Gasteiger partial charge on any atom is -0.298 e. The van der Waals surface area contributed by atoms with E-state index in [2.05, 4.69) is 15.9 Å². The molecule has 0 N–H and O–H groups in total. The Morgan fingerprint density at radius 2 is 1.94 bits per heavy atom. The van der Waals surface area contributed by atoms with Crippen LogP contribution in [-0.4, -0.2) is 10.6 Å². The maximum absolute atomic E-state index is 13.4. The summed E-state index contributed by atoms with van der Waals surface area (Å²) in [6.45, 7) is 0. The van der Waals surface area contributed by atoms with Crippen molar-refractivity contribution in [3.05, 3.63) is 35.1 Å². The number of hydrogen-bond acceptors (Lipinski definition) is 1. The summed E-state index contributed by atoms with van der Waals surface area (Å²) in [7, 11) is 0. The highest BCUT2D eigenvalue weighted by Crippen LogP contribution is 2.33. The van der Waals surface area contributed by atoms with Crippen LogP contribution < -0.4 is 0 Å². The Hall–Kier alpha value is -0.840. The molecule has 0 bridgehead atoms. The van der Waals surface area contributed by atoms with Gasteiger partial charge in [0.15, 0.2) is 17.5 Å².